The lowest BCUT2D eigenvalue weighted by atomic mass is 9.95. The summed E-state index contributed by atoms with van der Waals surface area (Å²) in [6, 6.07) is 13.8. The molecule has 5 heteroatoms. The second kappa shape index (κ2) is 5.01. The average molecular weight is 326 g/mol. The third kappa shape index (κ3) is 2.60. The summed E-state index contributed by atoms with van der Waals surface area (Å²) in [5.41, 5.74) is 3.96. The van der Waals surface area contributed by atoms with Crippen molar-refractivity contribution in [3.05, 3.63) is 66.0 Å². The van der Waals surface area contributed by atoms with E-state index in [4.69, 9.17) is 5.14 Å². The van der Waals surface area contributed by atoms with Crippen molar-refractivity contribution < 1.29 is 8.42 Å². The van der Waals surface area contributed by atoms with E-state index in [2.05, 4.69) is 35.3 Å². The van der Waals surface area contributed by atoms with E-state index in [1.807, 2.05) is 6.07 Å². The Kier molecular flexibility index (Phi) is 3.18. The summed E-state index contributed by atoms with van der Waals surface area (Å²) < 4.78 is 22.6. The summed E-state index contributed by atoms with van der Waals surface area (Å²) in [5, 5.41) is 5.12. The molecule has 2 aliphatic rings. The zero-order valence-corrected chi connectivity index (χ0v) is 13.5. The fourth-order valence-corrected chi connectivity index (χ4v) is 4.13. The van der Waals surface area contributed by atoms with Crippen LogP contribution < -0.4 is 5.14 Å². The van der Waals surface area contributed by atoms with E-state index in [1.54, 1.807) is 12.1 Å². The monoisotopic (exact) mass is 326 g/mol. The van der Waals surface area contributed by atoms with Crippen molar-refractivity contribution in [1.82, 2.24) is 4.98 Å². The molecule has 2 atom stereocenters. The lowest BCUT2D eigenvalue weighted by Crippen LogP contribution is -2.12. The number of pyridine rings is 1. The van der Waals surface area contributed by atoms with Crippen LogP contribution in [0.5, 0.6) is 0 Å². The Bertz CT molecular complexity index is 873. The topological polar surface area (TPSA) is 73.1 Å². The normalized spacial score (nSPS) is 26.3. The van der Waals surface area contributed by atoms with E-state index in [1.165, 1.54) is 17.3 Å². The van der Waals surface area contributed by atoms with Crippen molar-refractivity contribution in [2.45, 2.75) is 30.1 Å². The molecule has 0 amide bonds. The molecule has 4 rings (SSSR count). The third-order valence-electron chi connectivity index (χ3n) is 5.08. The Morgan fingerprint density at radius 3 is 2.57 bits per heavy atom. The average Bonchev–Trinajstić information content (AvgIpc) is 3.07. The van der Waals surface area contributed by atoms with Crippen molar-refractivity contribution in [2.24, 2.45) is 10.6 Å². The fourth-order valence-electron chi connectivity index (χ4n) is 3.68. The highest BCUT2D eigenvalue weighted by Crippen LogP contribution is 2.68. The Labute approximate surface area is 136 Å². The zero-order valence-electron chi connectivity index (χ0n) is 12.6. The minimum atomic E-state index is -3.67. The van der Waals surface area contributed by atoms with Gasteiger partial charge in [0.15, 0.2) is 0 Å². The van der Waals surface area contributed by atoms with Gasteiger partial charge in [0.2, 0.25) is 10.0 Å². The molecule has 4 nitrogen and oxygen atoms in total. The van der Waals surface area contributed by atoms with Gasteiger partial charge in [-0.05, 0) is 47.9 Å². The van der Waals surface area contributed by atoms with Crippen molar-refractivity contribution in [3.63, 3.8) is 0 Å². The lowest BCUT2D eigenvalue weighted by Gasteiger charge is -2.10. The van der Waals surface area contributed by atoms with E-state index in [0.717, 1.165) is 25.0 Å². The number of nitrogens with two attached hydrogens (primary N) is 1. The van der Waals surface area contributed by atoms with Crippen LogP contribution in [0.1, 0.15) is 36.4 Å². The maximum absolute atomic E-state index is 11.3. The summed E-state index contributed by atoms with van der Waals surface area (Å²) >= 11 is 0. The summed E-state index contributed by atoms with van der Waals surface area (Å²) in [6.45, 7) is 0. The van der Waals surface area contributed by atoms with Crippen LogP contribution >= 0.6 is 0 Å². The van der Waals surface area contributed by atoms with Gasteiger partial charge in [0.25, 0.3) is 0 Å². The minimum absolute atomic E-state index is 0.0745. The first-order valence-electron chi connectivity index (χ1n) is 7.71. The van der Waals surface area contributed by atoms with Crippen molar-refractivity contribution in [1.29, 1.82) is 0 Å². The molecule has 0 radical (unpaired) electrons. The largest absolute Gasteiger partial charge is 0.260 e. The number of rotatable bonds is 3. The van der Waals surface area contributed by atoms with Gasteiger partial charge in [-0.2, -0.15) is 0 Å². The highest BCUT2D eigenvalue weighted by Gasteiger charge is 2.56. The molecule has 23 heavy (non-hydrogen) atoms. The molecule has 1 aromatic carbocycles. The number of primary sulfonamides is 1. The summed E-state index contributed by atoms with van der Waals surface area (Å²) in [4.78, 5) is 4.42. The van der Waals surface area contributed by atoms with Gasteiger partial charge in [-0.25, -0.2) is 13.6 Å². The predicted molar refractivity (Wildman–Crippen MR) is 89.1 cm³/mol. The standard InChI is InChI=1S/C18H18N2O2S/c19-23(21,22)15-6-7-17(20-12-15)16-11-18(16)9-8-14(10-18)13-4-2-1-3-5-13/h1-8,12,16H,9-11H2,(H2,19,21,22). The minimum Gasteiger partial charge on any atom is -0.260 e. The van der Waals surface area contributed by atoms with Crippen LogP contribution in [0.25, 0.3) is 5.57 Å². The number of aromatic nitrogens is 1. The predicted octanol–water partition coefficient (Wildman–Crippen LogP) is 3.08. The Balaban J connectivity index is 1.51. The molecular weight excluding hydrogens is 308 g/mol. The van der Waals surface area contributed by atoms with Crippen LogP contribution in [-0.4, -0.2) is 13.4 Å². The molecule has 118 valence electrons. The van der Waals surface area contributed by atoms with Gasteiger partial charge in [0, 0.05) is 17.8 Å². The first-order valence-corrected chi connectivity index (χ1v) is 9.26. The second-order valence-electron chi connectivity index (χ2n) is 6.56. The quantitative estimate of drug-likeness (QED) is 0.942. The van der Waals surface area contributed by atoms with Gasteiger partial charge >= 0.3 is 0 Å². The molecule has 0 bridgehead atoms. The molecule has 1 saturated carbocycles. The van der Waals surface area contributed by atoms with Gasteiger partial charge in [-0.1, -0.05) is 36.4 Å². The van der Waals surface area contributed by atoms with Crippen LogP contribution in [0.3, 0.4) is 0 Å². The molecule has 2 aromatic rings. The summed E-state index contributed by atoms with van der Waals surface area (Å²) in [5.74, 6) is 0.412. The SMILES string of the molecule is NS(=O)(=O)c1ccc(C2CC23CC=C(c2ccccc2)C3)nc1. The molecule has 1 spiro atoms. The van der Waals surface area contributed by atoms with Crippen molar-refractivity contribution in [2.75, 3.05) is 0 Å². The highest BCUT2D eigenvalue weighted by molar-refractivity contribution is 7.89. The van der Waals surface area contributed by atoms with Crippen LogP contribution in [0.4, 0.5) is 0 Å². The van der Waals surface area contributed by atoms with Crippen molar-refractivity contribution >= 4 is 15.6 Å². The molecule has 0 saturated heterocycles. The van der Waals surface area contributed by atoms with Gasteiger partial charge < -0.3 is 0 Å². The zero-order chi connectivity index (χ0) is 16.1. The summed E-state index contributed by atoms with van der Waals surface area (Å²) in [7, 11) is -3.67. The Morgan fingerprint density at radius 1 is 1.13 bits per heavy atom. The van der Waals surface area contributed by atoms with E-state index in [-0.39, 0.29) is 10.3 Å². The van der Waals surface area contributed by atoms with Crippen LogP contribution in [0.2, 0.25) is 0 Å². The number of benzene rings is 1. The number of sulfonamides is 1. The molecule has 1 aromatic heterocycles. The van der Waals surface area contributed by atoms with Gasteiger partial charge in [-0.3, -0.25) is 4.98 Å². The number of allylic oxidation sites excluding steroid dienone is 2. The fraction of sp³-hybridized carbons (Fsp3) is 0.278. The third-order valence-corrected chi connectivity index (χ3v) is 5.98. The molecule has 2 unspecified atom stereocenters. The Hall–Kier alpha value is -1.98. The highest BCUT2D eigenvalue weighted by atomic mass is 32.2. The smallest absolute Gasteiger partial charge is 0.239 e. The van der Waals surface area contributed by atoms with Gasteiger partial charge in [0.1, 0.15) is 4.90 Å². The van der Waals surface area contributed by atoms with E-state index in [9.17, 15) is 8.42 Å². The molecule has 2 aliphatic carbocycles. The van der Waals surface area contributed by atoms with E-state index >= 15 is 0 Å². The number of nitrogens with zero attached hydrogens (tertiary/aromatic N) is 1. The Morgan fingerprint density at radius 2 is 1.91 bits per heavy atom. The first-order chi connectivity index (χ1) is 11.0. The second-order valence-corrected chi connectivity index (χ2v) is 8.12. The molecule has 0 aliphatic heterocycles. The van der Waals surface area contributed by atoms with Gasteiger partial charge in [-0.15, -0.1) is 0 Å². The maximum Gasteiger partial charge on any atom is 0.239 e. The van der Waals surface area contributed by atoms with Crippen LogP contribution in [0.15, 0.2) is 59.6 Å². The first kappa shape index (κ1) is 14.6. The molecular formula is C18H18N2O2S. The van der Waals surface area contributed by atoms with Gasteiger partial charge in [0.05, 0.1) is 0 Å². The maximum atomic E-state index is 11.3. The van der Waals surface area contributed by atoms with Crippen LogP contribution in [0, 0.1) is 5.41 Å². The van der Waals surface area contributed by atoms with Crippen LogP contribution in [-0.2, 0) is 10.0 Å². The number of hydrogen-bond donors (Lipinski definition) is 1. The van der Waals surface area contributed by atoms with Crippen molar-refractivity contribution in [3.8, 4) is 0 Å². The molecule has 1 heterocycles. The van der Waals surface area contributed by atoms with E-state index in [0.29, 0.717) is 5.92 Å². The lowest BCUT2D eigenvalue weighted by molar-refractivity contribution is 0.535. The number of hydrogen-bond acceptors (Lipinski definition) is 3. The summed E-state index contributed by atoms with van der Waals surface area (Å²) in [6.07, 6.45) is 6.97. The van der Waals surface area contributed by atoms with E-state index < -0.39 is 10.0 Å². The molecule has 2 N–H and O–H groups in total. The molecule has 1 fully saturated rings.